The molecule has 1 fully saturated rings. The summed E-state index contributed by atoms with van der Waals surface area (Å²) in [6.45, 7) is 0.516. The number of anilines is 1. The number of hydrogen-bond donors (Lipinski definition) is 3. The average molecular weight is 618 g/mol. The van der Waals surface area contributed by atoms with Gasteiger partial charge >= 0.3 is 12.6 Å². The lowest BCUT2D eigenvalue weighted by Crippen LogP contribution is -2.48. The van der Waals surface area contributed by atoms with Gasteiger partial charge in [-0.15, -0.1) is 26.3 Å². The van der Waals surface area contributed by atoms with Gasteiger partial charge in [0.1, 0.15) is 0 Å². The van der Waals surface area contributed by atoms with E-state index >= 15 is 0 Å². The highest BCUT2D eigenvalue weighted by Gasteiger charge is 2.53. The van der Waals surface area contributed by atoms with Crippen molar-refractivity contribution in [2.45, 2.75) is 70.1 Å². The van der Waals surface area contributed by atoms with Crippen LogP contribution in [0.4, 0.5) is 32.0 Å². The molecule has 2 aromatic rings. The van der Waals surface area contributed by atoms with Crippen LogP contribution < -0.4 is 30.7 Å². The molecule has 1 unspecified atom stereocenters. The van der Waals surface area contributed by atoms with Crippen molar-refractivity contribution in [1.82, 2.24) is 10.6 Å². The molecule has 1 saturated carbocycles. The van der Waals surface area contributed by atoms with E-state index in [0.717, 1.165) is 37.8 Å². The van der Waals surface area contributed by atoms with Gasteiger partial charge in [-0.1, -0.05) is 50.3 Å². The van der Waals surface area contributed by atoms with E-state index in [0.29, 0.717) is 41.5 Å². The zero-order valence-corrected chi connectivity index (χ0v) is 24.0. The molecule has 1 amide bonds. The lowest BCUT2D eigenvalue weighted by Gasteiger charge is -2.28. The van der Waals surface area contributed by atoms with Gasteiger partial charge in [0.15, 0.2) is 17.5 Å². The Kier molecular flexibility index (Phi) is 11.9. The van der Waals surface area contributed by atoms with Crippen molar-refractivity contribution in [3.63, 3.8) is 0 Å². The standard InChI is InChI=1S/C29H37F6N5O3/c1-42-24-13-10-21(15-25(24)43-2)16-26(41)39-27(36)38-22(14-19-6-4-3-5-7-19)18-37-17-20-8-11-23(12-9-20)40(28(30,31)32)29(33,34)35/h8-13,15,19,22,37H,3-7,14,16-18H2,1-2H3,(H3,36,38,39,41). The smallest absolute Gasteiger partial charge is 0.491 e. The maximum absolute atomic E-state index is 13.0. The number of alkyl halides is 6. The van der Waals surface area contributed by atoms with Crippen LogP contribution in [0.1, 0.15) is 49.7 Å². The van der Waals surface area contributed by atoms with Gasteiger partial charge < -0.3 is 20.5 Å². The van der Waals surface area contributed by atoms with Crippen molar-refractivity contribution in [2.24, 2.45) is 16.6 Å². The summed E-state index contributed by atoms with van der Waals surface area (Å²) in [5.74, 6) is 1.03. The highest BCUT2D eigenvalue weighted by atomic mass is 19.4. The van der Waals surface area contributed by atoms with Gasteiger partial charge in [0.25, 0.3) is 0 Å². The SMILES string of the molecule is COc1ccc(CC(=O)NC(N)=NC(CNCc2ccc(N(C(F)(F)F)C(F)(F)F)cc2)CC2CCCCC2)cc1OC. The predicted molar refractivity (Wildman–Crippen MR) is 151 cm³/mol. The molecule has 0 radical (unpaired) electrons. The van der Waals surface area contributed by atoms with Crippen molar-refractivity contribution >= 4 is 17.6 Å². The van der Waals surface area contributed by atoms with Crippen LogP contribution in [0, 0.1) is 5.92 Å². The molecule has 1 aliphatic rings. The highest BCUT2D eigenvalue weighted by Crippen LogP contribution is 2.38. The van der Waals surface area contributed by atoms with Gasteiger partial charge in [-0.2, -0.15) is 4.90 Å². The van der Waals surface area contributed by atoms with Crippen LogP contribution in [0.2, 0.25) is 0 Å². The number of nitrogens with one attached hydrogen (secondary N) is 2. The Bertz CT molecular complexity index is 1200. The van der Waals surface area contributed by atoms with Crippen molar-refractivity contribution in [2.75, 3.05) is 25.7 Å². The number of carbonyl (C=O) groups is 1. The molecule has 4 N–H and O–H groups in total. The summed E-state index contributed by atoms with van der Waals surface area (Å²) in [5.41, 5.74) is 6.24. The molecule has 0 heterocycles. The number of nitrogens with zero attached hydrogens (tertiary/aromatic N) is 2. The van der Waals surface area contributed by atoms with E-state index in [4.69, 9.17) is 15.2 Å². The first-order valence-electron chi connectivity index (χ1n) is 13.9. The molecule has 1 aliphatic carbocycles. The molecule has 0 aliphatic heterocycles. The van der Waals surface area contributed by atoms with E-state index in [1.165, 1.54) is 32.8 Å². The highest BCUT2D eigenvalue weighted by molar-refractivity contribution is 5.97. The molecule has 238 valence electrons. The fourth-order valence-electron chi connectivity index (χ4n) is 5.16. The summed E-state index contributed by atoms with van der Waals surface area (Å²) >= 11 is 0. The first-order valence-corrected chi connectivity index (χ1v) is 13.9. The van der Waals surface area contributed by atoms with Crippen LogP contribution in [0.3, 0.4) is 0 Å². The van der Waals surface area contributed by atoms with E-state index < -0.39 is 23.2 Å². The van der Waals surface area contributed by atoms with Crippen molar-refractivity contribution in [3.8, 4) is 11.5 Å². The van der Waals surface area contributed by atoms with E-state index in [9.17, 15) is 31.1 Å². The molecule has 0 bridgehead atoms. The first kappa shape index (κ1) is 33.8. The van der Waals surface area contributed by atoms with Gasteiger partial charge in [-0.05, 0) is 47.7 Å². The van der Waals surface area contributed by atoms with Crippen molar-refractivity contribution < 1.29 is 40.6 Å². The van der Waals surface area contributed by atoms with Gasteiger partial charge in [-0.25, -0.2) is 4.99 Å². The molecular weight excluding hydrogens is 580 g/mol. The molecule has 0 aromatic heterocycles. The van der Waals surface area contributed by atoms with E-state index in [1.807, 2.05) is 0 Å². The van der Waals surface area contributed by atoms with E-state index in [1.54, 1.807) is 18.2 Å². The summed E-state index contributed by atoms with van der Waals surface area (Å²) in [4.78, 5) is 15.6. The number of guanidine groups is 1. The molecule has 43 heavy (non-hydrogen) atoms. The second kappa shape index (κ2) is 15.2. The minimum Gasteiger partial charge on any atom is -0.493 e. The molecule has 8 nitrogen and oxygen atoms in total. The summed E-state index contributed by atoms with van der Waals surface area (Å²) in [6, 6.07) is 8.78. The molecule has 14 heteroatoms. The normalized spacial score (nSPS) is 15.6. The molecule has 1 atom stereocenters. The van der Waals surface area contributed by atoms with Crippen LogP contribution in [0.15, 0.2) is 47.5 Å². The maximum atomic E-state index is 13.0. The minimum absolute atomic E-state index is 0.0260. The fourth-order valence-corrected chi connectivity index (χ4v) is 5.16. The lowest BCUT2D eigenvalue weighted by molar-refractivity contribution is -0.226. The van der Waals surface area contributed by atoms with E-state index in [2.05, 4.69) is 15.6 Å². The van der Waals surface area contributed by atoms with Crippen molar-refractivity contribution in [1.29, 1.82) is 0 Å². The number of hydrogen-bond acceptors (Lipinski definition) is 6. The van der Waals surface area contributed by atoms with Gasteiger partial charge in [0.2, 0.25) is 5.91 Å². The summed E-state index contributed by atoms with van der Waals surface area (Å²) in [7, 11) is 3.01. The topological polar surface area (TPSA) is 101 Å². The fraction of sp³-hybridized carbons (Fsp3) is 0.517. The molecular formula is C29H37F6N5O3. The second-order valence-electron chi connectivity index (χ2n) is 10.4. The summed E-state index contributed by atoms with van der Waals surface area (Å²) in [5, 5.41) is 5.78. The Morgan fingerprint density at radius 2 is 1.56 bits per heavy atom. The Morgan fingerprint density at radius 1 is 0.953 bits per heavy atom. The average Bonchev–Trinajstić information content (AvgIpc) is 2.92. The minimum atomic E-state index is -5.61. The zero-order valence-electron chi connectivity index (χ0n) is 24.0. The van der Waals surface area contributed by atoms with Crippen LogP contribution in [0.25, 0.3) is 0 Å². The predicted octanol–water partition coefficient (Wildman–Crippen LogP) is 5.65. The Labute approximate surface area is 246 Å². The van der Waals surface area contributed by atoms with Gasteiger partial charge in [0.05, 0.1) is 32.4 Å². The molecule has 3 rings (SSSR count). The van der Waals surface area contributed by atoms with Gasteiger partial charge in [0, 0.05) is 13.1 Å². The van der Waals surface area contributed by atoms with Crippen molar-refractivity contribution in [3.05, 3.63) is 53.6 Å². The number of benzene rings is 2. The van der Waals surface area contributed by atoms with Crippen LogP contribution in [-0.4, -0.2) is 51.3 Å². The zero-order chi connectivity index (χ0) is 31.6. The Hall–Kier alpha value is -3.68. The number of ether oxygens (including phenoxy) is 2. The number of rotatable bonds is 12. The lowest BCUT2D eigenvalue weighted by atomic mass is 9.85. The molecule has 2 aromatic carbocycles. The number of amides is 1. The second-order valence-corrected chi connectivity index (χ2v) is 10.4. The molecule has 0 spiro atoms. The maximum Gasteiger partial charge on any atom is 0.491 e. The number of nitrogens with two attached hydrogens (primary N) is 1. The molecule has 0 saturated heterocycles. The number of carbonyl (C=O) groups excluding carboxylic acids is 1. The quantitative estimate of drug-likeness (QED) is 0.123. The first-order chi connectivity index (χ1) is 20.3. The van der Waals surface area contributed by atoms with Crippen LogP contribution in [0.5, 0.6) is 11.5 Å². The Morgan fingerprint density at radius 3 is 2.14 bits per heavy atom. The summed E-state index contributed by atoms with van der Waals surface area (Å²) < 4.78 is 88.3. The van der Waals surface area contributed by atoms with Gasteiger partial charge in [-0.3, -0.25) is 10.1 Å². The van der Waals surface area contributed by atoms with Crippen LogP contribution in [-0.2, 0) is 17.8 Å². The third kappa shape index (κ3) is 10.5. The number of halogens is 6. The number of aliphatic imine (C=N–C) groups is 1. The largest absolute Gasteiger partial charge is 0.493 e. The van der Waals surface area contributed by atoms with Crippen LogP contribution >= 0.6 is 0 Å². The third-order valence-electron chi connectivity index (χ3n) is 7.14. The summed E-state index contributed by atoms with van der Waals surface area (Å²) in [6.07, 6.45) is -4.98. The number of methoxy groups -OCH3 is 2. The van der Waals surface area contributed by atoms with E-state index in [-0.39, 0.29) is 30.9 Å². The Balaban J connectivity index is 1.63. The third-order valence-corrected chi connectivity index (χ3v) is 7.14. The monoisotopic (exact) mass is 617 g/mol.